The Kier molecular flexibility index (Phi) is 10.2. The Morgan fingerprint density at radius 2 is 1.50 bits per heavy atom. The number of carboxylic acid groups (broad SMARTS) is 1. The zero-order valence-corrected chi connectivity index (χ0v) is 10.2. The Morgan fingerprint density at radius 3 is 1.71 bits per heavy atom. The Morgan fingerprint density at radius 1 is 1.14 bits per heavy atom. The van der Waals surface area contributed by atoms with Crippen molar-refractivity contribution in [2.45, 2.75) is 59.4 Å². The summed E-state index contributed by atoms with van der Waals surface area (Å²) in [7, 11) is 0. The minimum Gasteiger partial charge on any atom is -0.480 e. The second-order valence-corrected chi connectivity index (χ2v) is 3.09. The molecule has 0 aromatic carbocycles. The van der Waals surface area contributed by atoms with Crippen molar-refractivity contribution in [1.82, 2.24) is 5.32 Å². The van der Waals surface area contributed by atoms with Crippen molar-refractivity contribution in [2.24, 2.45) is 0 Å². The average molecular weight is 203 g/mol. The molecule has 0 fully saturated rings. The molecule has 0 bridgehead atoms. The van der Waals surface area contributed by atoms with E-state index in [-0.39, 0.29) is 12.1 Å². The second kappa shape index (κ2) is 9.00. The molecular formula is C11H25NO2. The van der Waals surface area contributed by atoms with Crippen LogP contribution in [-0.4, -0.2) is 23.2 Å². The fourth-order valence-corrected chi connectivity index (χ4v) is 1.39. The fourth-order valence-electron chi connectivity index (χ4n) is 1.39. The van der Waals surface area contributed by atoms with Crippen LogP contribution in [0.1, 0.15) is 53.9 Å². The van der Waals surface area contributed by atoms with Gasteiger partial charge in [-0.1, -0.05) is 34.6 Å². The zero-order valence-electron chi connectivity index (χ0n) is 10.2. The molecule has 0 unspecified atom stereocenters. The molecule has 0 saturated heterocycles. The van der Waals surface area contributed by atoms with Gasteiger partial charge in [0.1, 0.15) is 0 Å². The Hall–Kier alpha value is -0.570. The van der Waals surface area contributed by atoms with Gasteiger partial charge in [-0.2, -0.15) is 0 Å². The lowest BCUT2D eigenvalue weighted by molar-refractivity contribution is -0.136. The lowest BCUT2D eigenvalue weighted by Crippen LogP contribution is -2.45. The normalized spacial score (nSPS) is 10.4. The summed E-state index contributed by atoms with van der Waals surface area (Å²) < 4.78 is 0. The first-order valence-electron chi connectivity index (χ1n) is 5.57. The number of hydrogen-bond acceptors (Lipinski definition) is 2. The van der Waals surface area contributed by atoms with Gasteiger partial charge in [-0.15, -0.1) is 0 Å². The zero-order chi connectivity index (χ0) is 11.6. The van der Waals surface area contributed by atoms with E-state index in [1.807, 2.05) is 13.8 Å². The van der Waals surface area contributed by atoms with Gasteiger partial charge in [-0.25, -0.2) is 0 Å². The van der Waals surface area contributed by atoms with Crippen LogP contribution >= 0.6 is 0 Å². The van der Waals surface area contributed by atoms with Crippen molar-refractivity contribution in [3.05, 3.63) is 0 Å². The first-order valence-corrected chi connectivity index (χ1v) is 5.57. The van der Waals surface area contributed by atoms with Crippen molar-refractivity contribution in [2.75, 3.05) is 6.54 Å². The average Bonchev–Trinajstić information content (AvgIpc) is 2.23. The van der Waals surface area contributed by atoms with E-state index in [9.17, 15) is 4.79 Å². The monoisotopic (exact) mass is 203 g/mol. The molecule has 0 spiro atoms. The van der Waals surface area contributed by atoms with Gasteiger partial charge in [0, 0.05) is 5.54 Å². The van der Waals surface area contributed by atoms with Gasteiger partial charge in [-0.05, 0) is 19.3 Å². The molecule has 3 heteroatoms. The molecule has 0 aromatic rings. The third-order valence-corrected chi connectivity index (χ3v) is 2.64. The van der Waals surface area contributed by atoms with Crippen molar-refractivity contribution >= 4 is 5.97 Å². The minimum atomic E-state index is -0.783. The molecule has 0 amide bonds. The van der Waals surface area contributed by atoms with Crippen LogP contribution < -0.4 is 5.32 Å². The number of carboxylic acids is 1. The summed E-state index contributed by atoms with van der Waals surface area (Å²) in [5.41, 5.74) is 0.0262. The molecule has 0 aliphatic heterocycles. The molecule has 0 heterocycles. The summed E-state index contributed by atoms with van der Waals surface area (Å²) in [6, 6.07) is 0. The smallest absolute Gasteiger partial charge is 0.317 e. The number of aliphatic carboxylic acids is 1. The van der Waals surface area contributed by atoms with Crippen molar-refractivity contribution in [1.29, 1.82) is 0 Å². The highest BCUT2D eigenvalue weighted by molar-refractivity contribution is 5.69. The third-order valence-electron chi connectivity index (χ3n) is 2.64. The number of carbonyl (C=O) groups is 1. The van der Waals surface area contributed by atoms with E-state index in [2.05, 4.69) is 26.1 Å². The number of hydrogen-bond donors (Lipinski definition) is 2. The first kappa shape index (κ1) is 15.9. The quantitative estimate of drug-likeness (QED) is 0.697. The molecule has 0 aliphatic rings. The molecule has 0 atom stereocenters. The summed E-state index contributed by atoms with van der Waals surface area (Å²) in [5.74, 6) is -0.783. The van der Waals surface area contributed by atoms with Crippen molar-refractivity contribution in [3.8, 4) is 0 Å². The summed E-state index contributed by atoms with van der Waals surface area (Å²) in [6.45, 7) is 10.3. The number of rotatable bonds is 6. The molecule has 0 aliphatic carbocycles. The summed E-state index contributed by atoms with van der Waals surface area (Å²) >= 11 is 0. The topological polar surface area (TPSA) is 49.3 Å². The fraction of sp³-hybridized carbons (Fsp3) is 0.909. The van der Waals surface area contributed by atoms with Crippen molar-refractivity contribution in [3.63, 3.8) is 0 Å². The lowest BCUT2D eigenvalue weighted by atomic mass is 9.90. The Balaban J connectivity index is 0. The third kappa shape index (κ3) is 5.97. The maximum atomic E-state index is 10.3. The van der Waals surface area contributed by atoms with E-state index < -0.39 is 5.97 Å². The molecule has 0 aromatic heterocycles. The van der Waals surface area contributed by atoms with Gasteiger partial charge in [0.15, 0.2) is 0 Å². The largest absolute Gasteiger partial charge is 0.480 e. The highest BCUT2D eigenvalue weighted by Crippen LogP contribution is 2.18. The lowest BCUT2D eigenvalue weighted by Gasteiger charge is -2.31. The molecule has 3 nitrogen and oxygen atoms in total. The van der Waals surface area contributed by atoms with Crippen LogP contribution in [0.5, 0.6) is 0 Å². The van der Waals surface area contributed by atoms with Gasteiger partial charge < -0.3 is 10.4 Å². The molecule has 86 valence electrons. The Bertz CT molecular complexity index is 134. The van der Waals surface area contributed by atoms with Crippen LogP contribution in [-0.2, 0) is 4.79 Å². The number of nitrogens with one attached hydrogen (secondary N) is 1. The van der Waals surface area contributed by atoms with E-state index in [4.69, 9.17) is 5.11 Å². The summed E-state index contributed by atoms with van der Waals surface area (Å²) in [6.07, 6.45) is 2.94. The van der Waals surface area contributed by atoms with Crippen LogP contribution in [0.3, 0.4) is 0 Å². The molecule has 0 rings (SSSR count). The molecule has 2 N–H and O–H groups in total. The predicted octanol–water partition coefficient (Wildman–Crippen LogP) is 2.66. The standard InChI is InChI=1S/C9H19NO2.C2H6/c1-4-9(5-2,6-3)10-7-8(11)12;1-2/h10H,4-7H2,1-3H3,(H,11,12);1-2H3. The summed E-state index contributed by atoms with van der Waals surface area (Å²) in [4.78, 5) is 10.3. The Labute approximate surface area is 87.9 Å². The van der Waals surface area contributed by atoms with E-state index in [0.29, 0.717) is 0 Å². The molecular weight excluding hydrogens is 178 g/mol. The van der Waals surface area contributed by atoms with Crippen molar-refractivity contribution < 1.29 is 9.90 Å². The van der Waals surface area contributed by atoms with Crippen LogP contribution in [0.25, 0.3) is 0 Å². The maximum Gasteiger partial charge on any atom is 0.317 e. The van der Waals surface area contributed by atoms with Crippen LogP contribution in [0.15, 0.2) is 0 Å². The summed E-state index contributed by atoms with van der Waals surface area (Å²) in [5, 5.41) is 11.6. The molecule has 0 radical (unpaired) electrons. The highest BCUT2D eigenvalue weighted by atomic mass is 16.4. The first-order chi connectivity index (χ1) is 6.60. The van der Waals surface area contributed by atoms with Gasteiger partial charge in [-0.3, -0.25) is 4.79 Å². The van der Waals surface area contributed by atoms with E-state index in [1.54, 1.807) is 0 Å². The van der Waals surface area contributed by atoms with Crippen LogP contribution in [0.2, 0.25) is 0 Å². The molecule has 0 saturated carbocycles. The molecule has 14 heavy (non-hydrogen) atoms. The van der Waals surface area contributed by atoms with Gasteiger partial charge in [0.05, 0.1) is 6.54 Å². The predicted molar refractivity (Wildman–Crippen MR) is 60.6 cm³/mol. The second-order valence-electron chi connectivity index (χ2n) is 3.09. The van der Waals surface area contributed by atoms with Gasteiger partial charge in [0.2, 0.25) is 0 Å². The van der Waals surface area contributed by atoms with Crippen LogP contribution in [0, 0.1) is 0 Å². The van der Waals surface area contributed by atoms with E-state index in [1.165, 1.54) is 0 Å². The van der Waals surface area contributed by atoms with Gasteiger partial charge >= 0.3 is 5.97 Å². The highest BCUT2D eigenvalue weighted by Gasteiger charge is 2.23. The van der Waals surface area contributed by atoms with E-state index >= 15 is 0 Å². The van der Waals surface area contributed by atoms with Gasteiger partial charge in [0.25, 0.3) is 0 Å². The SMILES string of the molecule is CC.CCC(CC)(CC)NCC(=O)O. The maximum absolute atomic E-state index is 10.3. The van der Waals surface area contributed by atoms with E-state index in [0.717, 1.165) is 19.3 Å². The minimum absolute atomic E-state index is 0.0262. The van der Waals surface area contributed by atoms with Crippen LogP contribution in [0.4, 0.5) is 0 Å².